The molecule has 2 saturated heterocycles. The fraction of sp³-hybridized carbons (Fsp3) is 0.524. The molecule has 2 aliphatic rings. The minimum atomic E-state index is -3.42. The second kappa shape index (κ2) is 9.98. The molecule has 4 atom stereocenters. The van der Waals surface area contributed by atoms with Gasteiger partial charge in [0.2, 0.25) is 5.91 Å². The molecule has 13 nitrogen and oxygen atoms in total. The van der Waals surface area contributed by atoms with E-state index in [0.717, 1.165) is 17.9 Å². The van der Waals surface area contributed by atoms with Crippen molar-refractivity contribution in [3.05, 3.63) is 23.8 Å². The molecule has 2 heterocycles. The zero-order chi connectivity index (χ0) is 26.1. The molecule has 4 N–H and O–H groups in total. The third kappa shape index (κ3) is 5.26. The number of nitrogens with zero attached hydrogens (tertiary/aromatic N) is 2. The topological polar surface area (TPSA) is 191 Å². The van der Waals surface area contributed by atoms with Gasteiger partial charge in [0.15, 0.2) is 28.2 Å². The fourth-order valence-corrected chi connectivity index (χ4v) is 4.79. The second-order valence-electron chi connectivity index (χ2n) is 8.87. The van der Waals surface area contributed by atoms with Crippen molar-refractivity contribution in [3.63, 3.8) is 0 Å². The number of carbonyl (C=O) groups is 4. The van der Waals surface area contributed by atoms with Crippen LogP contribution in [-0.2, 0) is 25.0 Å². The second-order valence-corrected chi connectivity index (χ2v) is 10.4. The highest BCUT2D eigenvalue weighted by atomic mass is 32.2. The molecular formula is C21H27N3O10S. The number of aliphatic carboxylic acids is 1. The van der Waals surface area contributed by atoms with Crippen LogP contribution < -0.4 is 5.32 Å². The number of hydrogen-bond donors (Lipinski definition) is 5. The summed E-state index contributed by atoms with van der Waals surface area (Å²) in [5, 5.41) is 31.3. The van der Waals surface area contributed by atoms with Crippen molar-refractivity contribution < 1.29 is 47.7 Å². The number of phenols is 2. The largest absolute Gasteiger partial charge is 0.504 e. The van der Waals surface area contributed by atoms with Crippen molar-refractivity contribution in [1.82, 2.24) is 15.1 Å². The lowest BCUT2D eigenvalue weighted by molar-refractivity contribution is -0.163. The first-order chi connectivity index (χ1) is 16.3. The smallest absolute Gasteiger partial charge is 0.409 e. The van der Waals surface area contributed by atoms with Crippen molar-refractivity contribution >= 4 is 34.6 Å². The summed E-state index contributed by atoms with van der Waals surface area (Å²) in [7, 11) is -3.42. The van der Waals surface area contributed by atoms with Crippen molar-refractivity contribution in [3.8, 4) is 11.5 Å². The molecule has 35 heavy (non-hydrogen) atoms. The Kier molecular flexibility index (Phi) is 7.43. The van der Waals surface area contributed by atoms with Crippen molar-refractivity contribution in [1.29, 1.82) is 0 Å². The summed E-state index contributed by atoms with van der Waals surface area (Å²) >= 11 is 0. The van der Waals surface area contributed by atoms with E-state index in [0.29, 0.717) is 6.42 Å². The average molecular weight is 514 g/mol. The Bertz CT molecular complexity index is 1110. The third-order valence-electron chi connectivity index (χ3n) is 6.26. The van der Waals surface area contributed by atoms with Crippen LogP contribution in [0.4, 0.5) is 4.79 Å². The number of ether oxygens (including phenoxy) is 1. The lowest BCUT2D eigenvalue weighted by Crippen LogP contribution is -2.67. The SMILES string of the molecule is C[C@@H]1CC(=O)N1[C@@H](C(=O)O)[C@](C)(COC(=O)N1CCC(NC(=O)c2ccc(O)c(O)c2)C1)[SH](=O)=O. The summed E-state index contributed by atoms with van der Waals surface area (Å²) in [5.41, 5.74) is 0.103. The van der Waals surface area contributed by atoms with Crippen LogP contribution in [0.5, 0.6) is 11.5 Å². The highest BCUT2D eigenvalue weighted by molar-refractivity contribution is 7.74. The first-order valence-electron chi connectivity index (χ1n) is 10.8. The van der Waals surface area contributed by atoms with E-state index in [1.54, 1.807) is 6.92 Å². The van der Waals surface area contributed by atoms with Gasteiger partial charge in [-0.15, -0.1) is 0 Å². The molecule has 2 aliphatic heterocycles. The Morgan fingerprint density at radius 2 is 1.94 bits per heavy atom. The molecule has 0 saturated carbocycles. The van der Waals surface area contributed by atoms with Crippen molar-refractivity contribution in [2.45, 2.75) is 49.6 Å². The number of amides is 3. The molecule has 1 aromatic carbocycles. The number of thiol groups is 1. The lowest BCUT2D eigenvalue weighted by Gasteiger charge is -2.46. The number of carboxylic acids is 1. The van der Waals surface area contributed by atoms with Crippen LogP contribution in [0.2, 0.25) is 0 Å². The van der Waals surface area contributed by atoms with Crippen LogP contribution in [0.3, 0.4) is 0 Å². The monoisotopic (exact) mass is 513 g/mol. The molecule has 1 unspecified atom stereocenters. The summed E-state index contributed by atoms with van der Waals surface area (Å²) in [5.74, 6) is -3.38. The van der Waals surface area contributed by atoms with Crippen LogP contribution in [-0.4, -0.2) is 100.0 Å². The Labute approximate surface area is 202 Å². The van der Waals surface area contributed by atoms with E-state index < -0.39 is 69.8 Å². The highest BCUT2D eigenvalue weighted by Gasteiger charge is 2.53. The Balaban J connectivity index is 1.61. The number of nitrogens with one attached hydrogen (secondary N) is 1. The van der Waals surface area contributed by atoms with Gasteiger partial charge in [-0.1, -0.05) is 0 Å². The van der Waals surface area contributed by atoms with E-state index in [-0.39, 0.29) is 30.8 Å². The highest BCUT2D eigenvalue weighted by Crippen LogP contribution is 2.31. The number of rotatable bonds is 8. The van der Waals surface area contributed by atoms with Crippen LogP contribution in [0.25, 0.3) is 0 Å². The van der Waals surface area contributed by atoms with E-state index in [1.807, 2.05) is 0 Å². The van der Waals surface area contributed by atoms with Gasteiger partial charge in [0.05, 0.1) is 0 Å². The first kappa shape index (κ1) is 26.1. The van der Waals surface area contributed by atoms with Gasteiger partial charge in [0.1, 0.15) is 11.4 Å². The predicted octanol–water partition coefficient (Wildman–Crippen LogP) is -0.517. The molecule has 0 spiro atoms. The number of aromatic hydroxyl groups is 2. The minimum Gasteiger partial charge on any atom is -0.504 e. The van der Waals surface area contributed by atoms with E-state index in [9.17, 15) is 42.9 Å². The van der Waals surface area contributed by atoms with Gasteiger partial charge >= 0.3 is 12.1 Å². The molecule has 3 amide bonds. The minimum absolute atomic E-state index is 0.0544. The van der Waals surface area contributed by atoms with Gasteiger partial charge in [0, 0.05) is 37.2 Å². The van der Waals surface area contributed by atoms with Crippen LogP contribution in [0.15, 0.2) is 18.2 Å². The van der Waals surface area contributed by atoms with Gasteiger partial charge in [-0.25, -0.2) is 18.0 Å². The van der Waals surface area contributed by atoms with Gasteiger partial charge in [-0.05, 0) is 38.5 Å². The zero-order valence-electron chi connectivity index (χ0n) is 19.0. The number of phenolic OH excluding ortho intramolecular Hbond substituents is 2. The van der Waals surface area contributed by atoms with E-state index in [1.165, 1.54) is 17.0 Å². The van der Waals surface area contributed by atoms with Gasteiger partial charge < -0.3 is 35.2 Å². The summed E-state index contributed by atoms with van der Waals surface area (Å²) in [6.07, 6.45) is -0.422. The Morgan fingerprint density at radius 1 is 1.26 bits per heavy atom. The standard InChI is InChI=1S/C21H27N3O10S/c1-11-7-16(27)24(11)17(19(29)30)21(2,35(32)33)10-34-20(31)23-6-5-13(9-23)22-18(28)12-3-4-14(25)15(26)8-12/h3-4,8,11,13,17,25-26,35H,5-7,9-10H2,1-2H3,(H,22,28)(H,29,30)/t11-,13?,17+,21+/m1/s1. The normalized spacial score (nSPS) is 22.3. The van der Waals surface area contributed by atoms with E-state index >= 15 is 0 Å². The maximum atomic E-state index is 12.6. The maximum Gasteiger partial charge on any atom is 0.409 e. The predicted molar refractivity (Wildman–Crippen MR) is 120 cm³/mol. The molecule has 0 radical (unpaired) electrons. The Morgan fingerprint density at radius 3 is 2.49 bits per heavy atom. The van der Waals surface area contributed by atoms with Crippen molar-refractivity contribution in [2.75, 3.05) is 19.7 Å². The molecule has 0 aromatic heterocycles. The third-order valence-corrected chi connectivity index (χ3v) is 7.47. The number of hydrogen-bond acceptors (Lipinski definition) is 9. The summed E-state index contributed by atoms with van der Waals surface area (Å²) in [6, 6.07) is 0.934. The Hall–Kier alpha value is -3.55. The number of benzene rings is 1. The van der Waals surface area contributed by atoms with Crippen LogP contribution in [0, 0.1) is 0 Å². The summed E-state index contributed by atoms with van der Waals surface area (Å²) in [4.78, 5) is 51.0. The molecule has 1 aromatic rings. The summed E-state index contributed by atoms with van der Waals surface area (Å²) in [6.45, 7) is 2.18. The molecule has 14 heteroatoms. The van der Waals surface area contributed by atoms with Gasteiger partial charge in [-0.3, -0.25) is 9.59 Å². The fourth-order valence-electron chi connectivity index (χ4n) is 4.18. The van der Waals surface area contributed by atoms with E-state index in [2.05, 4.69) is 5.32 Å². The zero-order valence-corrected chi connectivity index (χ0v) is 19.9. The number of likely N-dealkylation sites (tertiary alicyclic amines) is 2. The van der Waals surface area contributed by atoms with Crippen molar-refractivity contribution in [2.24, 2.45) is 0 Å². The van der Waals surface area contributed by atoms with Gasteiger partial charge in [-0.2, -0.15) is 0 Å². The number of carbonyl (C=O) groups excluding carboxylic acids is 3. The summed E-state index contributed by atoms with van der Waals surface area (Å²) < 4.78 is 27.2. The molecule has 0 aliphatic carbocycles. The van der Waals surface area contributed by atoms with Crippen LogP contribution >= 0.6 is 0 Å². The molecule has 192 valence electrons. The average Bonchev–Trinajstić information content (AvgIpc) is 3.25. The molecule has 2 fully saturated rings. The maximum absolute atomic E-state index is 12.6. The number of β-lactam (4-membered cyclic amide) rings is 1. The molecule has 3 rings (SSSR count). The number of carboxylic acid groups (broad SMARTS) is 1. The molecular weight excluding hydrogens is 486 g/mol. The first-order valence-corrected chi connectivity index (χ1v) is 12.0. The quantitative estimate of drug-likeness (QED) is 0.172. The lowest BCUT2D eigenvalue weighted by atomic mass is 9.92. The molecule has 0 bridgehead atoms. The van der Waals surface area contributed by atoms with E-state index in [4.69, 9.17) is 4.74 Å². The van der Waals surface area contributed by atoms with Gasteiger partial charge in [0.25, 0.3) is 5.91 Å². The van der Waals surface area contributed by atoms with Crippen LogP contribution in [0.1, 0.15) is 37.0 Å².